The minimum Gasteiger partial charge on any atom is -0.310 e. The lowest BCUT2D eigenvalue weighted by Crippen LogP contribution is -2.17. The van der Waals surface area contributed by atoms with E-state index < -0.39 is 0 Å². The minimum absolute atomic E-state index is 0.155. The monoisotopic (exact) mass is 437 g/mol. The summed E-state index contributed by atoms with van der Waals surface area (Å²) in [6, 6.07) is 11.4. The van der Waals surface area contributed by atoms with E-state index in [1.54, 1.807) is 35.3 Å². The zero-order valence-electron chi connectivity index (χ0n) is 17.0. The van der Waals surface area contributed by atoms with E-state index in [4.69, 9.17) is 0 Å². The Morgan fingerprint density at radius 2 is 1.87 bits per heavy atom. The van der Waals surface area contributed by atoms with Crippen molar-refractivity contribution in [3.05, 3.63) is 66.4 Å². The molecule has 8 nitrogen and oxygen atoms in total. The second-order valence-corrected chi connectivity index (χ2v) is 7.62. The van der Waals surface area contributed by atoms with Crippen LogP contribution in [0.4, 0.5) is 10.2 Å². The van der Waals surface area contributed by atoms with Crippen molar-refractivity contribution in [1.29, 1.82) is 0 Å². The smallest absolute Gasteiger partial charge is 0.236 e. The van der Waals surface area contributed by atoms with E-state index in [1.807, 2.05) is 30.5 Å². The van der Waals surface area contributed by atoms with E-state index in [1.165, 1.54) is 23.9 Å². The van der Waals surface area contributed by atoms with Crippen molar-refractivity contribution >= 4 is 23.5 Å². The van der Waals surface area contributed by atoms with Gasteiger partial charge in [0.05, 0.1) is 17.1 Å². The molecule has 0 radical (unpaired) electrons. The topological polar surface area (TPSA) is 90.5 Å². The number of hydrogen-bond acceptors (Lipinski definition) is 6. The molecule has 4 rings (SSSR count). The maximum Gasteiger partial charge on any atom is 0.236 e. The largest absolute Gasteiger partial charge is 0.310 e. The molecular weight excluding hydrogens is 417 g/mol. The molecule has 1 N–H and O–H groups in total. The van der Waals surface area contributed by atoms with Crippen molar-refractivity contribution in [2.75, 3.05) is 11.1 Å². The molecule has 0 atom stereocenters. The Kier molecular flexibility index (Phi) is 6.08. The number of rotatable bonds is 7. The number of aromatic nitrogens is 6. The third-order valence-electron chi connectivity index (χ3n) is 4.47. The molecule has 1 aromatic carbocycles. The number of carbonyl (C=O) groups is 1. The third-order valence-corrected chi connectivity index (χ3v) is 5.44. The number of nitrogens with one attached hydrogen (secondary N) is 1. The molecule has 0 aliphatic heterocycles. The number of aryl methyl sites for hydroxylation is 1. The van der Waals surface area contributed by atoms with Crippen molar-refractivity contribution in [2.24, 2.45) is 0 Å². The summed E-state index contributed by atoms with van der Waals surface area (Å²) < 4.78 is 16.8. The fourth-order valence-electron chi connectivity index (χ4n) is 3.07. The van der Waals surface area contributed by atoms with Crippen LogP contribution in [-0.2, 0) is 11.3 Å². The first-order valence-electron chi connectivity index (χ1n) is 9.64. The zero-order valence-corrected chi connectivity index (χ0v) is 17.8. The average Bonchev–Trinajstić information content (AvgIpc) is 3.36. The molecule has 0 bridgehead atoms. The van der Waals surface area contributed by atoms with E-state index in [-0.39, 0.29) is 17.5 Å². The van der Waals surface area contributed by atoms with Gasteiger partial charge in [0.1, 0.15) is 11.6 Å². The van der Waals surface area contributed by atoms with Crippen molar-refractivity contribution in [3.63, 3.8) is 0 Å². The van der Waals surface area contributed by atoms with Gasteiger partial charge in [0.2, 0.25) is 5.91 Å². The lowest BCUT2D eigenvalue weighted by molar-refractivity contribution is -0.113. The molecule has 3 aromatic heterocycles. The van der Waals surface area contributed by atoms with Crippen LogP contribution in [-0.4, -0.2) is 41.2 Å². The van der Waals surface area contributed by atoms with E-state index >= 15 is 0 Å². The molecule has 10 heteroatoms. The maximum absolute atomic E-state index is 13.2. The van der Waals surface area contributed by atoms with Crippen molar-refractivity contribution in [2.45, 2.75) is 25.5 Å². The van der Waals surface area contributed by atoms with E-state index in [2.05, 4.69) is 25.6 Å². The van der Waals surface area contributed by atoms with Gasteiger partial charge in [0, 0.05) is 30.6 Å². The van der Waals surface area contributed by atoms with Crippen LogP contribution < -0.4 is 5.32 Å². The van der Waals surface area contributed by atoms with Crippen LogP contribution in [0.25, 0.3) is 17.1 Å². The lowest BCUT2D eigenvalue weighted by Gasteiger charge is -2.09. The van der Waals surface area contributed by atoms with Crippen LogP contribution >= 0.6 is 11.8 Å². The molecule has 4 aromatic rings. The van der Waals surface area contributed by atoms with Crippen molar-refractivity contribution < 1.29 is 9.18 Å². The molecule has 158 valence electrons. The van der Waals surface area contributed by atoms with Crippen molar-refractivity contribution in [3.8, 4) is 17.1 Å². The van der Waals surface area contributed by atoms with Crippen LogP contribution in [0.2, 0.25) is 0 Å². The molecule has 0 saturated heterocycles. The Bertz CT molecular complexity index is 1190. The van der Waals surface area contributed by atoms with E-state index in [9.17, 15) is 9.18 Å². The summed E-state index contributed by atoms with van der Waals surface area (Å²) in [7, 11) is 0. The van der Waals surface area contributed by atoms with Crippen LogP contribution in [0.3, 0.4) is 0 Å². The number of carbonyl (C=O) groups excluding carboxylic acids is 1. The third kappa shape index (κ3) is 4.64. The predicted octanol–water partition coefficient (Wildman–Crippen LogP) is 3.72. The Morgan fingerprint density at radius 1 is 1.13 bits per heavy atom. The van der Waals surface area contributed by atoms with Gasteiger partial charge in [-0.3, -0.25) is 9.78 Å². The second-order valence-electron chi connectivity index (χ2n) is 6.68. The van der Waals surface area contributed by atoms with Gasteiger partial charge in [-0.25, -0.2) is 9.07 Å². The second kappa shape index (κ2) is 9.09. The lowest BCUT2D eigenvalue weighted by atomic mass is 10.2. The van der Waals surface area contributed by atoms with Crippen LogP contribution in [0, 0.1) is 12.7 Å². The Balaban J connectivity index is 1.46. The Labute approximate surface area is 182 Å². The number of thioether (sulfide) groups is 1. The molecule has 0 spiro atoms. The van der Waals surface area contributed by atoms with Gasteiger partial charge < -0.3 is 9.88 Å². The molecule has 0 saturated carbocycles. The summed E-state index contributed by atoms with van der Waals surface area (Å²) >= 11 is 1.31. The summed E-state index contributed by atoms with van der Waals surface area (Å²) in [6.45, 7) is 4.50. The highest BCUT2D eigenvalue weighted by atomic mass is 32.2. The normalized spacial score (nSPS) is 10.9. The van der Waals surface area contributed by atoms with E-state index in [0.29, 0.717) is 23.2 Å². The first kappa shape index (κ1) is 20.7. The number of anilines is 1. The molecular formula is C21H20FN7OS. The first-order valence-corrected chi connectivity index (χ1v) is 10.6. The van der Waals surface area contributed by atoms with Gasteiger partial charge >= 0.3 is 0 Å². The maximum atomic E-state index is 13.2. The van der Waals surface area contributed by atoms with Gasteiger partial charge in [-0.1, -0.05) is 11.8 Å². The van der Waals surface area contributed by atoms with Crippen molar-refractivity contribution in [1.82, 2.24) is 29.5 Å². The molecule has 0 unspecified atom stereocenters. The van der Waals surface area contributed by atoms with Crippen LogP contribution in [0.1, 0.15) is 12.6 Å². The average molecular weight is 438 g/mol. The highest BCUT2D eigenvalue weighted by Gasteiger charge is 2.16. The molecule has 0 aliphatic rings. The summed E-state index contributed by atoms with van der Waals surface area (Å²) in [5, 5.41) is 16.4. The Morgan fingerprint density at radius 3 is 2.58 bits per heavy atom. The van der Waals surface area contributed by atoms with Gasteiger partial charge in [-0.2, -0.15) is 5.10 Å². The summed E-state index contributed by atoms with van der Waals surface area (Å²) in [5.74, 6) is 0.870. The molecule has 3 heterocycles. The molecule has 0 fully saturated rings. The van der Waals surface area contributed by atoms with Gasteiger partial charge in [-0.05, 0) is 50.2 Å². The molecule has 1 amide bonds. The van der Waals surface area contributed by atoms with Crippen LogP contribution in [0.5, 0.6) is 0 Å². The number of halogens is 1. The number of amides is 1. The zero-order chi connectivity index (χ0) is 21.8. The SMILES string of the molecule is CCn1c(SCC(=O)Nc2cc(C)nn2-c2ccc(F)cc2)nnc1-c1ccncc1. The fourth-order valence-corrected chi connectivity index (χ4v) is 3.87. The number of hydrogen-bond donors (Lipinski definition) is 1. The van der Waals surface area contributed by atoms with Gasteiger partial charge in [-0.15, -0.1) is 10.2 Å². The first-order chi connectivity index (χ1) is 15.0. The van der Waals surface area contributed by atoms with Gasteiger partial charge in [0.25, 0.3) is 0 Å². The highest BCUT2D eigenvalue weighted by Crippen LogP contribution is 2.24. The van der Waals surface area contributed by atoms with E-state index in [0.717, 1.165) is 17.1 Å². The summed E-state index contributed by atoms with van der Waals surface area (Å²) in [6.07, 6.45) is 3.41. The molecule has 0 aliphatic carbocycles. The summed E-state index contributed by atoms with van der Waals surface area (Å²) in [5.41, 5.74) is 2.31. The number of nitrogens with zero attached hydrogens (tertiary/aromatic N) is 6. The van der Waals surface area contributed by atoms with Crippen LogP contribution in [0.15, 0.2) is 60.0 Å². The molecule has 31 heavy (non-hydrogen) atoms. The Hall–Kier alpha value is -3.53. The number of pyridine rings is 1. The standard InChI is InChI=1S/C21H20FN7OS/c1-3-28-20(15-8-10-23-11-9-15)25-26-21(28)31-13-19(30)24-18-12-14(2)27-29(18)17-6-4-16(22)5-7-17/h4-12H,3,13H2,1-2H3,(H,24,30). The predicted molar refractivity (Wildman–Crippen MR) is 117 cm³/mol. The number of benzene rings is 1. The highest BCUT2D eigenvalue weighted by molar-refractivity contribution is 7.99. The fraction of sp³-hybridized carbons (Fsp3) is 0.190. The van der Waals surface area contributed by atoms with Gasteiger partial charge in [0.15, 0.2) is 11.0 Å². The minimum atomic E-state index is -0.333. The quantitative estimate of drug-likeness (QED) is 0.443. The summed E-state index contributed by atoms with van der Waals surface area (Å²) in [4.78, 5) is 16.6.